The average molecular weight is 826 g/mol. The molecule has 0 unspecified atom stereocenters. The summed E-state index contributed by atoms with van der Waals surface area (Å²) >= 11 is 0. The number of carbonyl (C=O) groups is 3. The number of hydrogen-bond acceptors (Lipinski definition) is 9. The molecule has 0 aliphatic heterocycles. The maximum Gasteiger partial charge on any atom is 0.294 e. The molecule has 0 aromatic heterocycles. The number of amides is 3. The van der Waals surface area contributed by atoms with Gasteiger partial charge in [-0.15, -0.1) is 0 Å². The fraction of sp³-hybridized carbons (Fsp3) is 0. The Balaban J connectivity index is 1.23. The molecule has 7 aromatic rings. The Hall–Kier alpha value is -6.54. The van der Waals surface area contributed by atoms with E-state index in [0.29, 0.717) is 32.3 Å². The maximum absolute atomic E-state index is 13.7. The lowest BCUT2D eigenvalue weighted by molar-refractivity contribution is 0.102. The molecule has 0 aliphatic carbocycles. The van der Waals surface area contributed by atoms with Gasteiger partial charge in [0.2, 0.25) is 0 Å². The molecule has 57 heavy (non-hydrogen) atoms. The summed E-state index contributed by atoms with van der Waals surface area (Å²) in [5.74, 6) is -2.30. The lowest BCUT2D eigenvalue weighted by atomic mass is 10.0. The van der Waals surface area contributed by atoms with Gasteiger partial charge >= 0.3 is 0 Å². The molecule has 0 aliphatic rings. The van der Waals surface area contributed by atoms with Crippen LogP contribution in [0.3, 0.4) is 0 Å². The molecule has 0 spiro atoms. The van der Waals surface area contributed by atoms with Crippen LogP contribution in [0.5, 0.6) is 0 Å². The van der Waals surface area contributed by atoms with Crippen molar-refractivity contribution in [1.29, 1.82) is 0 Å². The average Bonchev–Trinajstić information content (AvgIpc) is 3.15. The Morgan fingerprint density at radius 3 is 0.825 bits per heavy atom. The van der Waals surface area contributed by atoms with Gasteiger partial charge in [0.05, 0.1) is 14.7 Å². The minimum absolute atomic E-state index is 0.146. The van der Waals surface area contributed by atoms with Crippen LogP contribution in [0.1, 0.15) is 31.1 Å². The number of carbonyl (C=O) groups excluding carboxylic acids is 3. The molecule has 0 saturated heterocycles. The Morgan fingerprint density at radius 1 is 0.333 bits per heavy atom. The van der Waals surface area contributed by atoms with Gasteiger partial charge in [0.1, 0.15) is 0 Å². The van der Waals surface area contributed by atoms with Crippen molar-refractivity contribution in [3.8, 4) is 0 Å². The normalized spacial score (nSPS) is 12.1. The molecule has 6 N–H and O–H groups in total. The highest BCUT2D eigenvalue weighted by Gasteiger charge is 2.19. The number of fused-ring (bicyclic) bond motifs is 3. The van der Waals surface area contributed by atoms with Gasteiger partial charge in [0.25, 0.3) is 48.1 Å². The van der Waals surface area contributed by atoms with E-state index in [0.717, 1.165) is 0 Å². The van der Waals surface area contributed by atoms with E-state index in [1.165, 1.54) is 109 Å². The second-order valence-corrected chi connectivity index (χ2v) is 17.0. The molecule has 15 nitrogen and oxygen atoms in total. The minimum atomic E-state index is -4.51. The van der Waals surface area contributed by atoms with E-state index in [4.69, 9.17) is 0 Å². The third kappa shape index (κ3) is 8.65. The number of rotatable bonds is 9. The highest BCUT2D eigenvalue weighted by atomic mass is 32.2. The third-order valence-electron chi connectivity index (χ3n) is 8.82. The van der Waals surface area contributed by atoms with Gasteiger partial charge in [-0.2, -0.15) is 25.3 Å². The molecule has 0 atom stereocenters. The first kappa shape index (κ1) is 38.7. The van der Waals surface area contributed by atoms with Crippen LogP contribution in [0.4, 0.5) is 17.1 Å². The van der Waals surface area contributed by atoms with E-state index < -0.39 is 48.1 Å². The summed E-state index contributed by atoms with van der Waals surface area (Å²) in [6.45, 7) is 0. The van der Waals surface area contributed by atoms with E-state index >= 15 is 0 Å². The van der Waals surface area contributed by atoms with Crippen LogP contribution in [0.15, 0.2) is 142 Å². The van der Waals surface area contributed by atoms with Gasteiger partial charge in [0.15, 0.2) is 0 Å². The molecular formula is C39H27N3O12S3. The van der Waals surface area contributed by atoms with Crippen LogP contribution in [0, 0.1) is 0 Å². The van der Waals surface area contributed by atoms with E-state index in [9.17, 15) is 53.3 Å². The van der Waals surface area contributed by atoms with Crippen LogP contribution in [0.2, 0.25) is 0 Å². The number of anilines is 3. The van der Waals surface area contributed by atoms with Crippen molar-refractivity contribution in [2.24, 2.45) is 0 Å². The van der Waals surface area contributed by atoms with Crippen molar-refractivity contribution in [2.75, 3.05) is 16.0 Å². The summed E-state index contributed by atoms with van der Waals surface area (Å²) in [4.78, 5) is 40.1. The number of benzene rings is 7. The van der Waals surface area contributed by atoms with Crippen LogP contribution in [-0.2, 0) is 30.4 Å². The Bertz CT molecular complexity index is 2850. The monoisotopic (exact) mass is 825 g/mol. The standard InChI is InChI=1S/C39H27N3O12S3/c43-37(40-31-7-1-22-4-10-34(55(46,47)48)19-25(22)16-31)28-13-29(38(44)41-32-8-2-23-5-11-35(56(49,50)51)20-26(23)17-32)15-30(14-28)39(45)42-33-9-3-24-6-12-36(57(52,53)54)21-27(24)18-33/h1-21H,(H,40,43)(H,41,44)(H,42,45)(H,46,47,48)(H,49,50,51)(H,52,53,54). The Kier molecular flexibility index (Phi) is 9.86. The molecule has 0 bridgehead atoms. The lowest BCUT2D eigenvalue weighted by Crippen LogP contribution is -2.19. The zero-order chi connectivity index (χ0) is 40.9. The molecule has 7 aromatic carbocycles. The maximum atomic E-state index is 13.7. The minimum Gasteiger partial charge on any atom is -0.322 e. The first-order chi connectivity index (χ1) is 26.8. The van der Waals surface area contributed by atoms with E-state index in [2.05, 4.69) is 16.0 Å². The predicted octanol–water partition coefficient (Wildman–Crippen LogP) is 6.64. The lowest BCUT2D eigenvalue weighted by Gasteiger charge is -2.13. The van der Waals surface area contributed by atoms with Crippen molar-refractivity contribution in [3.63, 3.8) is 0 Å². The predicted molar refractivity (Wildman–Crippen MR) is 212 cm³/mol. The summed E-state index contributed by atoms with van der Waals surface area (Å²) in [5, 5.41) is 10.9. The van der Waals surface area contributed by atoms with Crippen LogP contribution in [-0.4, -0.2) is 56.6 Å². The Morgan fingerprint density at radius 2 is 0.579 bits per heavy atom. The highest BCUT2D eigenvalue weighted by Crippen LogP contribution is 2.27. The van der Waals surface area contributed by atoms with E-state index in [-0.39, 0.29) is 48.4 Å². The summed E-state index contributed by atoms with van der Waals surface area (Å²) < 4.78 is 98.7. The fourth-order valence-electron chi connectivity index (χ4n) is 6.02. The summed E-state index contributed by atoms with van der Waals surface area (Å²) in [5.41, 5.74) is 0.191. The number of nitrogens with one attached hydrogen (secondary N) is 3. The van der Waals surface area contributed by atoms with Crippen LogP contribution in [0.25, 0.3) is 32.3 Å². The highest BCUT2D eigenvalue weighted by molar-refractivity contribution is 7.86. The first-order valence-corrected chi connectivity index (χ1v) is 20.8. The largest absolute Gasteiger partial charge is 0.322 e. The topological polar surface area (TPSA) is 250 Å². The molecule has 0 radical (unpaired) electrons. The summed E-state index contributed by atoms with van der Waals surface area (Å²) in [6.07, 6.45) is 0. The molecule has 0 fully saturated rings. The fourth-order valence-corrected chi connectivity index (χ4v) is 7.57. The van der Waals surface area contributed by atoms with Gasteiger partial charge in [-0.1, -0.05) is 36.4 Å². The van der Waals surface area contributed by atoms with Crippen molar-refractivity contribution in [2.45, 2.75) is 14.7 Å². The summed E-state index contributed by atoms with van der Waals surface area (Å²) in [6, 6.07) is 29.3. The molecule has 18 heteroatoms. The van der Waals surface area contributed by atoms with E-state index in [1.54, 1.807) is 18.2 Å². The summed E-state index contributed by atoms with van der Waals surface area (Å²) in [7, 11) is -13.5. The van der Waals surface area contributed by atoms with Gasteiger partial charge in [-0.25, -0.2) is 0 Å². The van der Waals surface area contributed by atoms with Crippen molar-refractivity contribution in [1.82, 2.24) is 0 Å². The molecule has 0 saturated carbocycles. The van der Waals surface area contributed by atoms with Crippen molar-refractivity contribution in [3.05, 3.63) is 144 Å². The molecule has 7 rings (SSSR count). The van der Waals surface area contributed by atoms with Crippen molar-refractivity contribution < 1.29 is 53.3 Å². The van der Waals surface area contributed by atoms with Gasteiger partial charge in [-0.3, -0.25) is 28.0 Å². The van der Waals surface area contributed by atoms with E-state index in [1.807, 2.05) is 0 Å². The van der Waals surface area contributed by atoms with Gasteiger partial charge in [0, 0.05) is 33.8 Å². The third-order valence-corrected chi connectivity index (χ3v) is 11.4. The molecule has 288 valence electrons. The molecule has 0 heterocycles. The van der Waals surface area contributed by atoms with Crippen molar-refractivity contribution >= 4 is 97.5 Å². The first-order valence-electron chi connectivity index (χ1n) is 16.4. The van der Waals surface area contributed by atoms with Gasteiger partial charge in [-0.05, 0) is 123 Å². The SMILES string of the molecule is O=C(Nc1ccc2ccc(S(=O)(=O)O)cc2c1)c1cc(C(=O)Nc2ccc3ccc(S(=O)(=O)O)cc3c2)cc(C(=O)Nc2ccc3ccc(S(=O)(=O)O)cc3c2)c1. The second kappa shape index (κ2) is 14.5. The zero-order valence-corrected chi connectivity index (χ0v) is 31.3. The second-order valence-electron chi connectivity index (χ2n) is 12.8. The van der Waals surface area contributed by atoms with Crippen LogP contribution >= 0.6 is 0 Å². The molecular weight excluding hydrogens is 799 g/mol. The quantitative estimate of drug-likeness (QED) is 0.0838. The Labute approximate surface area is 324 Å². The van der Waals surface area contributed by atoms with Gasteiger partial charge < -0.3 is 16.0 Å². The smallest absolute Gasteiger partial charge is 0.294 e. The van der Waals surface area contributed by atoms with Crippen LogP contribution < -0.4 is 16.0 Å². The molecule has 3 amide bonds. The number of hydrogen-bond donors (Lipinski definition) is 6. The zero-order valence-electron chi connectivity index (χ0n) is 28.9.